The predicted octanol–water partition coefficient (Wildman–Crippen LogP) is 1.77. The van der Waals surface area contributed by atoms with Crippen LogP contribution in [-0.2, 0) is 0 Å². The van der Waals surface area contributed by atoms with Crippen LogP contribution >= 0.6 is 11.6 Å². The second-order valence-corrected chi connectivity index (χ2v) is 1.58. The molecule has 0 fully saturated rings. The van der Waals surface area contributed by atoms with Crippen LogP contribution in [0.3, 0.4) is 0 Å². The summed E-state index contributed by atoms with van der Waals surface area (Å²) in [6.45, 7) is 3.45. The van der Waals surface area contributed by atoms with Gasteiger partial charge in [-0.05, 0) is 6.08 Å². The molecule has 0 saturated carbocycles. The van der Waals surface area contributed by atoms with Gasteiger partial charge < -0.3 is 5.73 Å². The van der Waals surface area contributed by atoms with E-state index in [1.807, 2.05) is 0 Å². The van der Waals surface area contributed by atoms with E-state index < -0.39 is 0 Å². The fourth-order valence-electron chi connectivity index (χ4n) is 0.216. The summed E-state index contributed by atoms with van der Waals surface area (Å²) in [5, 5.41) is 0.518. The largest absolute Gasteiger partial charge is 0.403 e. The molecule has 0 rings (SSSR count). The van der Waals surface area contributed by atoms with E-state index in [9.17, 15) is 0 Å². The van der Waals surface area contributed by atoms with Crippen LogP contribution in [-0.4, -0.2) is 0 Å². The van der Waals surface area contributed by atoms with Crippen LogP contribution < -0.4 is 5.73 Å². The van der Waals surface area contributed by atoms with Gasteiger partial charge in [0.25, 0.3) is 0 Å². The minimum absolute atomic E-state index is 0.518. The summed E-state index contributed by atoms with van der Waals surface area (Å²) in [5.74, 6) is 0. The van der Waals surface area contributed by atoms with Gasteiger partial charge in [0.15, 0.2) is 0 Å². The third-order valence-electron chi connectivity index (χ3n) is 0.551. The van der Waals surface area contributed by atoms with Crippen molar-refractivity contribution < 1.29 is 0 Å². The molecule has 0 aliphatic carbocycles. The predicted molar refractivity (Wildman–Crippen MR) is 37.5 cm³/mol. The topological polar surface area (TPSA) is 26.0 Å². The number of hydrogen-bond donors (Lipinski definition) is 1. The zero-order valence-corrected chi connectivity index (χ0v) is 5.23. The maximum atomic E-state index is 5.45. The molecule has 0 spiro atoms. The minimum Gasteiger partial charge on any atom is -0.403 e. The summed E-state index contributed by atoms with van der Waals surface area (Å²) in [7, 11) is 0. The standard InChI is InChI=1S/C6H8ClN/c1-2-3-4-6(7)5-8/h2-5H,1,8H2/b4-3-,6-5+. The maximum Gasteiger partial charge on any atom is 0.0560 e. The first-order chi connectivity index (χ1) is 3.81. The molecular formula is C6H8ClN. The Morgan fingerprint density at radius 3 is 2.62 bits per heavy atom. The van der Waals surface area contributed by atoms with E-state index in [-0.39, 0.29) is 0 Å². The molecule has 1 nitrogen and oxygen atoms in total. The first-order valence-electron chi connectivity index (χ1n) is 2.17. The van der Waals surface area contributed by atoms with Gasteiger partial charge in [-0.25, -0.2) is 0 Å². The normalized spacial score (nSPS) is 12.4. The summed E-state index contributed by atoms with van der Waals surface area (Å²) < 4.78 is 0. The van der Waals surface area contributed by atoms with Crippen molar-refractivity contribution in [3.05, 3.63) is 36.0 Å². The minimum atomic E-state index is 0.518. The Bertz CT molecular complexity index is 124. The van der Waals surface area contributed by atoms with E-state index in [4.69, 9.17) is 17.3 Å². The number of nitrogens with two attached hydrogens (primary N) is 1. The Kier molecular flexibility index (Phi) is 4.08. The third-order valence-corrected chi connectivity index (χ3v) is 0.803. The van der Waals surface area contributed by atoms with Crippen LogP contribution in [0.4, 0.5) is 0 Å². The van der Waals surface area contributed by atoms with Gasteiger partial charge in [-0.3, -0.25) is 0 Å². The van der Waals surface area contributed by atoms with Crippen molar-refractivity contribution in [1.29, 1.82) is 0 Å². The zero-order chi connectivity index (χ0) is 6.41. The van der Waals surface area contributed by atoms with Crippen molar-refractivity contribution >= 4 is 11.6 Å². The second kappa shape index (κ2) is 4.47. The molecule has 8 heavy (non-hydrogen) atoms. The average molecular weight is 130 g/mol. The smallest absolute Gasteiger partial charge is 0.0560 e. The van der Waals surface area contributed by atoms with Crippen LogP contribution in [0.2, 0.25) is 0 Å². The molecule has 0 saturated heterocycles. The van der Waals surface area contributed by atoms with E-state index in [2.05, 4.69) is 6.58 Å². The van der Waals surface area contributed by atoms with Crippen molar-refractivity contribution in [3.8, 4) is 0 Å². The van der Waals surface area contributed by atoms with Crippen LogP contribution in [0.5, 0.6) is 0 Å². The molecule has 2 heteroatoms. The average Bonchev–Trinajstić information content (AvgIpc) is 1.83. The van der Waals surface area contributed by atoms with Crippen LogP contribution in [0.15, 0.2) is 36.0 Å². The SMILES string of the molecule is C=C/C=C\C(Cl)=C/N. The molecular weight excluding hydrogens is 122 g/mol. The molecule has 0 aromatic carbocycles. The number of hydrogen-bond acceptors (Lipinski definition) is 1. The lowest BCUT2D eigenvalue weighted by molar-refractivity contribution is 1.58. The molecule has 0 bridgehead atoms. The molecule has 0 radical (unpaired) electrons. The van der Waals surface area contributed by atoms with E-state index >= 15 is 0 Å². The fourth-order valence-corrected chi connectivity index (χ4v) is 0.288. The number of halogens is 1. The maximum absolute atomic E-state index is 5.45. The van der Waals surface area contributed by atoms with Crippen molar-refractivity contribution in [1.82, 2.24) is 0 Å². The molecule has 44 valence electrons. The highest BCUT2D eigenvalue weighted by Crippen LogP contribution is 1.98. The molecule has 0 aromatic heterocycles. The highest BCUT2D eigenvalue weighted by molar-refractivity contribution is 6.31. The first kappa shape index (κ1) is 7.31. The summed E-state index contributed by atoms with van der Waals surface area (Å²) in [6, 6.07) is 0. The van der Waals surface area contributed by atoms with Gasteiger partial charge >= 0.3 is 0 Å². The van der Waals surface area contributed by atoms with Crippen LogP contribution in [0.1, 0.15) is 0 Å². The van der Waals surface area contributed by atoms with Gasteiger partial charge in [0.2, 0.25) is 0 Å². The third kappa shape index (κ3) is 3.50. The van der Waals surface area contributed by atoms with Gasteiger partial charge in [0, 0.05) is 6.20 Å². The van der Waals surface area contributed by atoms with Gasteiger partial charge in [-0.15, -0.1) is 0 Å². The molecule has 0 aliphatic rings. The summed E-state index contributed by atoms with van der Waals surface area (Å²) >= 11 is 5.45. The Hall–Kier alpha value is -0.690. The zero-order valence-electron chi connectivity index (χ0n) is 4.47. The van der Waals surface area contributed by atoms with Crippen molar-refractivity contribution in [3.63, 3.8) is 0 Å². The Balaban J connectivity index is 3.69. The van der Waals surface area contributed by atoms with Gasteiger partial charge in [-0.2, -0.15) is 0 Å². The van der Waals surface area contributed by atoms with E-state index in [1.54, 1.807) is 18.2 Å². The Morgan fingerprint density at radius 1 is 1.62 bits per heavy atom. The molecule has 0 aromatic rings. The van der Waals surface area contributed by atoms with E-state index in [0.717, 1.165) is 0 Å². The summed E-state index contributed by atoms with van der Waals surface area (Å²) in [6.07, 6.45) is 6.33. The van der Waals surface area contributed by atoms with Crippen LogP contribution in [0, 0.1) is 0 Å². The van der Waals surface area contributed by atoms with Gasteiger partial charge in [-0.1, -0.05) is 30.3 Å². The lowest BCUT2D eigenvalue weighted by atomic mass is 10.5. The molecule has 0 amide bonds. The molecule has 0 unspecified atom stereocenters. The van der Waals surface area contributed by atoms with Gasteiger partial charge in [0.1, 0.15) is 0 Å². The van der Waals surface area contributed by atoms with Crippen molar-refractivity contribution in [2.45, 2.75) is 0 Å². The highest BCUT2D eigenvalue weighted by atomic mass is 35.5. The fraction of sp³-hybridized carbons (Fsp3) is 0. The highest BCUT2D eigenvalue weighted by Gasteiger charge is 1.74. The molecule has 0 heterocycles. The van der Waals surface area contributed by atoms with Crippen molar-refractivity contribution in [2.75, 3.05) is 0 Å². The second-order valence-electron chi connectivity index (χ2n) is 1.15. The quantitative estimate of drug-likeness (QED) is 0.565. The lowest BCUT2D eigenvalue weighted by Gasteiger charge is -1.79. The van der Waals surface area contributed by atoms with Crippen molar-refractivity contribution in [2.24, 2.45) is 5.73 Å². The van der Waals surface area contributed by atoms with E-state index in [1.165, 1.54) is 6.20 Å². The molecule has 0 aliphatic heterocycles. The molecule has 2 N–H and O–H groups in total. The van der Waals surface area contributed by atoms with E-state index in [0.29, 0.717) is 5.03 Å². The Morgan fingerprint density at radius 2 is 2.25 bits per heavy atom. The Labute approximate surface area is 54.1 Å². The monoisotopic (exact) mass is 129 g/mol. The van der Waals surface area contributed by atoms with Crippen LogP contribution in [0.25, 0.3) is 0 Å². The first-order valence-corrected chi connectivity index (χ1v) is 2.55. The number of rotatable bonds is 2. The lowest BCUT2D eigenvalue weighted by Crippen LogP contribution is -1.76. The van der Waals surface area contributed by atoms with Gasteiger partial charge in [0.05, 0.1) is 5.03 Å². The number of allylic oxidation sites excluding steroid dienone is 4. The summed E-state index contributed by atoms with van der Waals surface area (Å²) in [4.78, 5) is 0. The summed E-state index contributed by atoms with van der Waals surface area (Å²) in [5.41, 5.74) is 5.03. The molecule has 0 atom stereocenters.